The second-order valence-electron chi connectivity index (χ2n) is 5.69. The molecule has 8 heteroatoms. The lowest BCUT2D eigenvalue weighted by Gasteiger charge is -2.12. The highest BCUT2D eigenvalue weighted by Gasteiger charge is 2.17. The molecule has 7 nitrogen and oxygen atoms in total. The summed E-state index contributed by atoms with van der Waals surface area (Å²) < 4.78 is 27.2. The van der Waals surface area contributed by atoms with Crippen LogP contribution < -0.4 is 14.2 Å². The number of hydrogen-bond donors (Lipinski definition) is 0. The molecule has 0 aliphatic rings. The summed E-state index contributed by atoms with van der Waals surface area (Å²) in [5.74, 6) is 3.54. The summed E-state index contributed by atoms with van der Waals surface area (Å²) in [6.45, 7) is 3.69. The summed E-state index contributed by atoms with van der Waals surface area (Å²) in [7, 11) is 4.64. The Balaban J connectivity index is 1.95. The molecule has 0 unspecified atom stereocenters. The molecule has 0 fully saturated rings. The Morgan fingerprint density at radius 2 is 1.63 bits per heavy atom. The molecule has 1 aromatic carbocycles. The van der Waals surface area contributed by atoms with Gasteiger partial charge in [-0.05, 0) is 43.7 Å². The van der Waals surface area contributed by atoms with Crippen molar-refractivity contribution in [2.24, 2.45) is 0 Å². The average molecular weight is 391 g/mol. The molecule has 0 saturated heterocycles. The first-order valence-corrected chi connectivity index (χ1v) is 8.43. The first kappa shape index (κ1) is 18.8. The number of methoxy groups -OCH3 is 3. The number of aryl methyl sites for hydroxylation is 2. The second kappa shape index (κ2) is 7.75. The number of ether oxygens (including phenoxy) is 3. The Labute approximate surface area is 161 Å². The number of aromatic nitrogens is 2. The third-order valence-corrected chi connectivity index (χ3v) is 4.15. The fourth-order valence-corrected chi connectivity index (χ4v) is 2.87. The molecule has 0 N–H and O–H groups in total. The minimum absolute atomic E-state index is 0.193. The highest BCUT2D eigenvalue weighted by Crippen LogP contribution is 2.39. The van der Waals surface area contributed by atoms with Crippen molar-refractivity contribution in [3.8, 4) is 28.7 Å². The number of halogens is 1. The Morgan fingerprint density at radius 3 is 2.15 bits per heavy atom. The standard InChI is InChI=1S/C19H19ClN2O5/c1-10-6-13(11(2)26-10)18-21-22-19(27-18)14(20)7-12-8-15(23-3)17(25-5)16(9-12)24-4/h6-9H,1-5H3/b14-7-. The van der Waals surface area contributed by atoms with Gasteiger partial charge in [0.25, 0.3) is 11.8 Å². The minimum atomic E-state index is 0.193. The first-order chi connectivity index (χ1) is 13.0. The predicted molar refractivity (Wildman–Crippen MR) is 101 cm³/mol. The molecule has 3 aromatic rings. The number of hydrogen-bond acceptors (Lipinski definition) is 7. The Morgan fingerprint density at radius 1 is 0.963 bits per heavy atom. The van der Waals surface area contributed by atoms with E-state index >= 15 is 0 Å². The van der Waals surface area contributed by atoms with Gasteiger partial charge in [-0.15, -0.1) is 10.2 Å². The SMILES string of the molecule is COc1cc(/C=C(\Cl)c2nnc(-c3cc(C)oc3C)o2)cc(OC)c1OC. The van der Waals surface area contributed by atoms with E-state index in [1.165, 1.54) is 0 Å². The van der Waals surface area contributed by atoms with Crippen molar-refractivity contribution in [2.45, 2.75) is 13.8 Å². The van der Waals surface area contributed by atoms with Crippen molar-refractivity contribution < 1.29 is 23.0 Å². The minimum Gasteiger partial charge on any atom is -0.493 e. The van der Waals surface area contributed by atoms with Gasteiger partial charge in [0.2, 0.25) is 5.75 Å². The summed E-state index contributed by atoms with van der Waals surface area (Å²) in [5, 5.41) is 8.34. The normalized spacial score (nSPS) is 11.6. The van der Waals surface area contributed by atoms with Gasteiger partial charge >= 0.3 is 0 Å². The summed E-state index contributed by atoms with van der Waals surface area (Å²) >= 11 is 6.38. The van der Waals surface area contributed by atoms with Crippen LogP contribution in [0.4, 0.5) is 0 Å². The number of nitrogens with zero attached hydrogens (tertiary/aromatic N) is 2. The lowest BCUT2D eigenvalue weighted by molar-refractivity contribution is 0.324. The molecule has 0 aliphatic carbocycles. The van der Waals surface area contributed by atoms with Crippen LogP contribution in [-0.4, -0.2) is 31.5 Å². The van der Waals surface area contributed by atoms with E-state index < -0.39 is 0 Å². The monoisotopic (exact) mass is 390 g/mol. The van der Waals surface area contributed by atoms with Crippen LogP contribution in [0.3, 0.4) is 0 Å². The molecule has 0 bridgehead atoms. The molecule has 27 heavy (non-hydrogen) atoms. The van der Waals surface area contributed by atoms with Gasteiger partial charge in [0.05, 0.1) is 26.9 Å². The topological polar surface area (TPSA) is 79.8 Å². The number of rotatable bonds is 6. The molecular weight excluding hydrogens is 372 g/mol. The fraction of sp³-hybridized carbons (Fsp3) is 0.263. The van der Waals surface area contributed by atoms with E-state index in [1.807, 2.05) is 19.9 Å². The maximum absolute atomic E-state index is 6.38. The molecule has 3 rings (SSSR count). The highest BCUT2D eigenvalue weighted by molar-refractivity contribution is 6.50. The van der Waals surface area contributed by atoms with Crippen LogP contribution in [0.2, 0.25) is 0 Å². The molecule has 0 radical (unpaired) electrons. The van der Waals surface area contributed by atoms with Gasteiger partial charge in [0, 0.05) is 0 Å². The van der Waals surface area contributed by atoms with E-state index in [-0.39, 0.29) is 10.9 Å². The Hall–Kier alpha value is -2.93. The molecule has 142 valence electrons. The van der Waals surface area contributed by atoms with Crippen molar-refractivity contribution in [2.75, 3.05) is 21.3 Å². The molecule has 0 atom stereocenters. The molecule has 2 aromatic heterocycles. The van der Waals surface area contributed by atoms with Crippen molar-refractivity contribution >= 4 is 22.7 Å². The quantitative estimate of drug-likeness (QED) is 0.603. The van der Waals surface area contributed by atoms with Gasteiger partial charge < -0.3 is 23.0 Å². The van der Waals surface area contributed by atoms with Crippen LogP contribution in [0.25, 0.3) is 22.6 Å². The maximum Gasteiger partial charge on any atom is 0.259 e. The van der Waals surface area contributed by atoms with Gasteiger partial charge in [-0.2, -0.15) is 0 Å². The largest absolute Gasteiger partial charge is 0.493 e. The van der Waals surface area contributed by atoms with E-state index in [4.69, 9.17) is 34.6 Å². The Kier molecular flexibility index (Phi) is 5.41. The summed E-state index contributed by atoms with van der Waals surface area (Å²) in [6, 6.07) is 5.37. The van der Waals surface area contributed by atoms with Gasteiger partial charge in [0.15, 0.2) is 11.5 Å². The van der Waals surface area contributed by atoms with Crippen molar-refractivity contribution in [3.63, 3.8) is 0 Å². The van der Waals surface area contributed by atoms with Crippen LogP contribution in [0.1, 0.15) is 23.0 Å². The van der Waals surface area contributed by atoms with E-state index in [0.29, 0.717) is 28.9 Å². The number of benzene rings is 1. The van der Waals surface area contributed by atoms with Crippen LogP contribution >= 0.6 is 11.6 Å². The van der Waals surface area contributed by atoms with Gasteiger partial charge in [0.1, 0.15) is 16.6 Å². The smallest absolute Gasteiger partial charge is 0.259 e. The lowest BCUT2D eigenvalue weighted by atomic mass is 10.1. The van der Waals surface area contributed by atoms with Crippen molar-refractivity contribution in [1.82, 2.24) is 10.2 Å². The Bertz CT molecular complexity index is 965. The fourth-order valence-electron chi connectivity index (χ4n) is 2.66. The zero-order valence-electron chi connectivity index (χ0n) is 15.6. The van der Waals surface area contributed by atoms with E-state index in [2.05, 4.69) is 10.2 Å². The molecule has 2 heterocycles. The zero-order chi connectivity index (χ0) is 19.6. The second-order valence-corrected chi connectivity index (χ2v) is 6.10. The molecule has 0 spiro atoms. The van der Waals surface area contributed by atoms with E-state index in [0.717, 1.165) is 16.9 Å². The molecular formula is C19H19ClN2O5. The third-order valence-electron chi connectivity index (χ3n) is 3.88. The first-order valence-electron chi connectivity index (χ1n) is 8.05. The third kappa shape index (κ3) is 3.78. The summed E-state index contributed by atoms with van der Waals surface area (Å²) in [6.07, 6.45) is 1.68. The van der Waals surface area contributed by atoms with Gasteiger partial charge in [-0.3, -0.25) is 0 Å². The number of furan rings is 1. The molecule has 0 saturated carbocycles. The van der Waals surface area contributed by atoms with Gasteiger partial charge in [-0.25, -0.2) is 0 Å². The van der Waals surface area contributed by atoms with Crippen LogP contribution in [-0.2, 0) is 0 Å². The van der Waals surface area contributed by atoms with Gasteiger partial charge in [-0.1, -0.05) is 11.6 Å². The van der Waals surface area contributed by atoms with Crippen LogP contribution in [0.5, 0.6) is 17.2 Å². The van der Waals surface area contributed by atoms with Crippen LogP contribution in [0, 0.1) is 13.8 Å². The zero-order valence-corrected chi connectivity index (χ0v) is 16.4. The summed E-state index contributed by atoms with van der Waals surface area (Å²) in [4.78, 5) is 0. The summed E-state index contributed by atoms with van der Waals surface area (Å²) in [5.41, 5.74) is 1.47. The lowest BCUT2D eigenvalue weighted by Crippen LogP contribution is -1.95. The van der Waals surface area contributed by atoms with Crippen LogP contribution in [0.15, 0.2) is 27.0 Å². The van der Waals surface area contributed by atoms with Crippen molar-refractivity contribution in [1.29, 1.82) is 0 Å². The van der Waals surface area contributed by atoms with Crippen molar-refractivity contribution in [3.05, 3.63) is 41.2 Å². The molecule has 0 aliphatic heterocycles. The maximum atomic E-state index is 6.38. The van der Waals surface area contributed by atoms with E-state index in [9.17, 15) is 0 Å². The predicted octanol–water partition coefficient (Wildman–Crippen LogP) is 4.71. The highest BCUT2D eigenvalue weighted by atomic mass is 35.5. The molecule has 0 amide bonds. The average Bonchev–Trinajstić information content (AvgIpc) is 3.26. The van der Waals surface area contributed by atoms with E-state index in [1.54, 1.807) is 39.5 Å².